The van der Waals surface area contributed by atoms with Gasteiger partial charge in [-0.05, 0) is 5.56 Å². The average Bonchev–Trinajstić information content (AvgIpc) is 2.93. The highest BCUT2D eigenvalue weighted by molar-refractivity contribution is 6.67. The van der Waals surface area contributed by atoms with Crippen LogP contribution in [-0.2, 0) is 44.6 Å². The summed E-state index contributed by atoms with van der Waals surface area (Å²) in [6, 6.07) is 6.40. The molecule has 2 aromatic rings. The second kappa shape index (κ2) is 15.4. The highest BCUT2D eigenvalue weighted by Gasteiger charge is 2.52. The van der Waals surface area contributed by atoms with Gasteiger partial charge in [-0.3, -0.25) is 23.7 Å². The molecule has 1 amide bonds. The smallest absolute Gasteiger partial charge is 0.407 e. The summed E-state index contributed by atoms with van der Waals surface area (Å²) in [6.07, 6.45) is -6.76. The summed E-state index contributed by atoms with van der Waals surface area (Å²) < 4.78 is 45.8. The quantitative estimate of drug-likeness (QED) is 0.221. The van der Waals surface area contributed by atoms with Crippen LogP contribution in [0, 0.1) is 5.82 Å². The van der Waals surface area contributed by atoms with Crippen molar-refractivity contribution in [3.05, 3.63) is 58.3 Å². The highest BCUT2D eigenvalue weighted by Crippen LogP contribution is 2.30. The predicted molar refractivity (Wildman–Crippen MR) is 150 cm³/mol. The molecule has 1 aliphatic rings. The van der Waals surface area contributed by atoms with Crippen molar-refractivity contribution in [2.75, 3.05) is 13.2 Å². The van der Waals surface area contributed by atoms with Crippen molar-refractivity contribution in [2.45, 2.75) is 61.8 Å². The van der Waals surface area contributed by atoms with Crippen LogP contribution in [0.5, 0.6) is 6.01 Å². The number of ether oxygens (including phenoxy) is 6. The van der Waals surface area contributed by atoms with Crippen molar-refractivity contribution in [1.82, 2.24) is 14.9 Å². The van der Waals surface area contributed by atoms with Crippen LogP contribution in [0.3, 0.4) is 0 Å². The lowest BCUT2D eigenvalue weighted by atomic mass is 9.96. The molecule has 5 atom stereocenters. The second-order valence-corrected chi connectivity index (χ2v) is 11.8. The van der Waals surface area contributed by atoms with E-state index >= 15 is 0 Å². The lowest BCUT2D eigenvalue weighted by molar-refractivity contribution is -0.258. The molecule has 240 valence electrons. The van der Waals surface area contributed by atoms with E-state index in [-0.39, 0.29) is 6.54 Å². The minimum absolute atomic E-state index is 0.198. The van der Waals surface area contributed by atoms with Gasteiger partial charge in [-0.15, -0.1) is 0 Å². The number of benzene rings is 1. The first-order valence-electron chi connectivity index (χ1n) is 12.7. The van der Waals surface area contributed by atoms with Gasteiger partial charge in [0.15, 0.2) is 12.2 Å². The van der Waals surface area contributed by atoms with E-state index in [0.29, 0.717) is 11.8 Å². The van der Waals surface area contributed by atoms with Crippen molar-refractivity contribution >= 4 is 58.8 Å². The third kappa shape index (κ3) is 10.2. The van der Waals surface area contributed by atoms with Crippen LogP contribution in [-0.4, -0.2) is 81.2 Å². The summed E-state index contributed by atoms with van der Waals surface area (Å²) in [7, 11) is 0. The van der Waals surface area contributed by atoms with Gasteiger partial charge in [-0.1, -0.05) is 65.1 Å². The molecule has 0 bridgehead atoms. The van der Waals surface area contributed by atoms with Gasteiger partial charge in [-0.25, -0.2) is 9.78 Å². The van der Waals surface area contributed by atoms with E-state index in [0.717, 1.165) is 25.3 Å². The third-order valence-corrected chi connectivity index (χ3v) is 6.05. The van der Waals surface area contributed by atoms with Crippen LogP contribution >= 0.6 is 34.8 Å². The zero-order valence-corrected chi connectivity index (χ0v) is 25.6. The van der Waals surface area contributed by atoms with Gasteiger partial charge in [0, 0.05) is 20.8 Å². The molecule has 0 saturated carbocycles. The Morgan fingerprint density at radius 3 is 2.23 bits per heavy atom. The Kier molecular flexibility index (Phi) is 12.2. The first-order chi connectivity index (χ1) is 20.6. The fourth-order valence-electron chi connectivity index (χ4n) is 4.04. The molecule has 1 fully saturated rings. The number of hydrogen-bond acceptors (Lipinski definition) is 12. The van der Waals surface area contributed by atoms with Gasteiger partial charge in [0.25, 0.3) is 5.56 Å². The van der Waals surface area contributed by atoms with E-state index in [4.69, 9.17) is 63.2 Å². The van der Waals surface area contributed by atoms with Crippen molar-refractivity contribution in [3.8, 4) is 6.01 Å². The van der Waals surface area contributed by atoms with Gasteiger partial charge in [-0.2, -0.15) is 4.39 Å². The molecule has 1 saturated heterocycles. The van der Waals surface area contributed by atoms with E-state index in [2.05, 4.69) is 10.3 Å². The second-order valence-electron chi connectivity index (χ2n) is 9.24. The predicted octanol–water partition coefficient (Wildman–Crippen LogP) is 2.43. The Bertz CT molecular complexity index is 1410. The number of alkyl carbamates (subject to hydrolysis) is 1. The maximum atomic E-state index is 14.3. The van der Waals surface area contributed by atoms with Crippen LogP contribution in [0.15, 0.2) is 41.3 Å². The third-order valence-electron chi connectivity index (χ3n) is 5.73. The molecule has 0 spiro atoms. The van der Waals surface area contributed by atoms with Gasteiger partial charge in [0.2, 0.25) is 15.9 Å². The lowest BCUT2D eigenvalue weighted by Gasteiger charge is -2.44. The lowest BCUT2D eigenvalue weighted by Crippen LogP contribution is -2.67. The fourth-order valence-corrected chi connectivity index (χ4v) is 4.20. The first kappa shape index (κ1) is 34.8. The maximum absolute atomic E-state index is 14.3. The number of halogens is 4. The van der Waals surface area contributed by atoms with Crippen molar-refractivity contribution in [3.63, 3.8) is 0 Å². The number of esters is 3. The monoisotopic (exact) mass is 681 g/mol. The van der Waals surface area contributed by atoms with Crippen LogP contribution in [0.25, 0.3) is 0 Å². The van der Waals surface area contributed by atoms with Crippen LogP contribution < -0.4 is 15.6 Å². The number of rotatable bonds is 10. The summed E-state index contributed by atoms with van der Waals surface area (Å²) in [5.74, 6) is -3.66. The highest BCUT2D eigenvalue weighted by atomic mass is 35.6. The Morgan fingerprint density at radius 2 is 1.64 bits per heavy atom. The molecule has 0 radical (unpaired) electrons. The molecule has 1 aliphatic heterocycles. The Labute approximate surface area is 264 Å². The van der Waals surface area contributed by atoms with Gasteiger partial charge < -0.3 is 33.7 Å². The van der Waals surface area contributed by atoms with Gasteiger partial charge >= 0.3 is 30.0 Å². The summed E-state index contributed by atoms with van der Waals surface area (Å²) in [4.78, 5) is 65.3. The normalized spacial score (nSPS) is 21.5. The van der Waals surface area contributed by atoms with Crippen LogP contribution in [0.4, 0.5) is 9.18 Å². The molecule has 3 rings (SSSR count). The average molecular weight is 683 g/mol. The summed E-state index contributed by atoms with van der Waals surface area (Å²) in [5.41, 5.74) is -0.533. The molecular weight excluding hydrogens is 656 g/mol. The van der Waals surface area contributed by atoms with Crippen molar-refractivity contribution in [1.29, 1.82) is 0 Å². The minimum Gasteiger partial charge on any atom is -0.463 e. The summed E-state index contributed by atoms with van der Waals surface area (Å²) in [6.45, 7) is 1.75. The Hall–Kier alpha value is -3.66. The topological polar surface area (TPSA) is 171 Å². The minimum atomic E-state index is -1.99. The van der Waals surface area contributed by atoms with E-state index in [1.54, 1.807) is 30.3 Å². The van der Waals surface area contributed by atoms with Gasteiger partial charge in [0.1, 0.15) is 25.4 Å². The molecule has 1 aromatic carbocycles. The number of hydrogen-bond donors (Lipinski definition) is 1. The SMILES string of the molecule is CC(=O)OC[C@H]1O[C@@H](Oc2ncc(F)c(=O)n2Cc2ccccc2)[C@H](NC(=O)OCC(Cl)(Cl)Cl)[C@@H](OC(C)=O)[C@@H]1OC(C)=O. The summed E-state index contributed by atoms with van der Waals surface area (Å²) in [5, 5.41) is 2.35. The molecule has 18 heteroatoms. The molecule has 0 unspecified atom stereocenters. The molecule has 2 heterocycles. The van der Waals surface area contributed by atoms with E-state index in [1.165, 1.54) is 0 Å². The first-order valence-corrected chi connectivity index (χ1v) is 13.9. The van der Waals surface area contributed by atoms with E-state index in [1.807, 2.05) is 0 Å². The van der Waals surface area contributed by atoms with Crippen LogP contribution in [0.2, 0.25) is 0 Å². The van der Waals surface area contributed by atoms with Crippen molar-refractivity contribution < 1.29 is 52.0 Å². The molecule has 44 heavy (non-hydrogen) atoms. The maximum Gasteiger partial charge on any atom is 0.407 e. The standard InChI is InChI=1S/C26H27Cl3FN3O11/c1-13(34)39-11-18-20(41-14(2)35)21(42-15(3)36)19(32-25(38)40-12-26(27,28)29)23(43-18)44-24-31-9-17(30)22(37)33(24)10-16-7-5-4-6-8-16/h4-9,18-21,23H,10-12H2,1-3H3,(H,32,38)/t18-,19-,20-,21-,23+/m1/s1. The van der Waals surface area contributed by atoms with Crippen LogP contribution in [0.1, 0.15) is 26.3 Å². The number of amides is 1. The molecule has 0 aliphatic carbocycles. The Balaban J connectivity index is 2.09. The molecule has 1 aromatic heterocycles. The Morgan fingerprint density at radius 1 is 1.00 bits per heavy atom. The van der Waals surface area contributed by atoms with Gasteiger partial charge in [0.05, 0.1) is 12.7 Å². The zero-order chi connectivity index (χ0) is 32.6. The molecular formula is C26H27Cl3FN3O11. The zero-order valence-electron chi connectivity index (χ0n) is 23.4. The fraction of sp³-hybridized carbons (Fsp3) is 0.462. The van der Waals surface area contributed by atoms with E-state index < -0.39 is 89.0 Å². The molecule has 14 nitrogen and oxygen atoms in total. The number of carbonyl (C=O) groups is 4. The number of nitrogens with one attached hydrogen (secondary N) is 1. The molecule has 1 N–H and O–H groups in total. The largest absolute Gasteiger partial charge is 0.463 e. The van der Waals surface area contributed by atoms with Crippen molar-refractivity contribution in [2.24, 2.45) is 0 Å². The van der Waals surface area contributed by atoms with E-state index in [9.17, 15) is 28.4 Å². The number of alkyl halides is 3. The number of carbonyl (C=O) groups excluding carboxylic acids is 4. The number of aromatic nitrogens is 2. The number of nitrogens with zero attached hydrogens (tertiary/aromatic N) is 2. The summed E-state index contributed by atoms with van der Waals surface area (Å²) >= 11 is 17.0.